The zero-order valence-electron chi connectivity index (χ0n) is 18.7. The Morgan fingerprint density at radius 2 is 1.88 bits per heavy atom. The van der Waals surface area contributed by atoms with Gasteiger partial charge in [0.15, 0.2) is 6.61 Å². The number of carbonyl (C=O) groups excluding carboxylic acids is 3. The van der Waals surface area contributed by atoms with Gasteiger partial charge in [0.25, 0.3) is 5.91 Å². The summed E-state index contributed by atoms with van der Waals surface area (Å²) in [5, 5.41) is 7.56. The summed E-state index contributed by atoms with van der Waals surface area (Å²) in [7, 11) is 0. The molecule has 3 aromatic rings. The molecule has 34 heavy (non-hydrogen) atoms. The van der Waals surface area contributed by atoms with E-state index in [2.05, 4.69) is 10.4 Å². The van der Waals surface area contributed by atoms with Crippen molar-refractivity contribution in [3.05, 3.63) is 82.1 Å². The average Bonchev–Trinajstić information content (AvgIpc) is 3.08. The highest BCUT2D eigenvalue weighted by molar-refractivity contribution is 6.31. The molecule has 0 spiro atoms. The van der Waals surface area contributed by atoms with Gasteiger partial charge in [-0.05, 0) is 37.6 Å². The third-order valence-electron chi connectivity index (χ3n) is 5.36. The molecule has 4 rings (SSSR count). The summed E-state index contributed by atoms with van der Waals surface area (Å²) < 4.78 is 6.77. The van der Waals surface area contributed by atoms with Gasteiger partial charge >= 0.3 is 5.97 Å². The smallest absolute Gasteiger partial charge is 0.331 e. The molecule has 0 saturated heterocycles. The molecule has 1 aliphatic heterocycles. The Balaban J connectivity index is 1.38. The molecule has 174 valence electrons. The minimum Gasteiger partial charge on any atom is -0.452 e. The summed E-state index contributed by atoms with van der Waals surface area (Å²) in [4.78, 5) is 38.0. The Hall–Kier alpha value is -3.91. The van der Waals surface area contributed by atoms with Crippen LogP contribution >= 0.6 is 11.6 Å². The Kier molecular flexibility index (Phi) is 6.79. The number of aryl methyl sites for hydroxylation is 2. The summed E-state index contributed by atoms with van der Waals surface area (Å²) >= 11 is 6.48. The number of anilines is 2. The number of hydrogen-bond acceptors (Lipinski definition) is 5. The molecule has 0 saturated carbocycles. The van der Waals surface area contributed by atoms with E-state index in [1.54, 1.807) is 35.9 Å². The van der Waals surface area contributed by atoms with Gasteiger partial charge in [-0.15, -0.1) is 0 Å². The van der Waals surface area contributed by atoms with E-state index in [1.807, 2.05) is 31.2 Å². The van der Waals surface area contributed by atoms with Gasteiger partial charge in [-0.2, -0.15) is 5.10 Å². The van der Waals surface area contributed by atoms with Crippen LogP contribution in [0.1, 0.15) is 22.4 Å². The quantitative estimate of drug-likeness (QED) is 0.430. The second-order valence-corrected chi connectivity index (χ2v) is 8.28. The van der Waals surface area contributed by atoms with E-state index in [9.17, 15) is 14.4 Å². The molecule has 0 bridgehead atoms. The van der Waals surface area contributed by atoms with Crippen LogP contribution in [0.5, 0.6) is 0 Å². The number of halogens is 1. The van der Waals surface area contributed by atoms with Crippen molar-refractivity contribution in [3.63, 3.8) is 0 Å². The molecule has 0 unspecified atom stereocenters. The van der Waals surface area contributed by atoms with Crippen molar-refractivity contribution in [2.75, 3.05) is 23.4 Å². The zero-order valence-corrected chi connectivity index (χ0v) is 19.5. The molecule has 0 radical (unpaired) electrons. The molecule has 0 aliphatic carbocycles. The van der Waals surface area contributed by atoms with E-state index < -0.39 is 18.5 Å². The number of ether oxygens (including phenoxy) is 1. The number of aromatic nitrogens is 2. The minimum atomic E-state index is -0.704. The van der Waals surface area contributed by atoms with Crippen LogP contribution in [0.3, 0.4) is 0 Å². The van der Waals surface area contributed by atoms with Gasteiger partial charge in [-0.1, -0.05) is 53.6 Å². The highest BCUT2D eigenvalue weighted by atomic mass is 35.5. The standard InChI is InChI=1S/C25H23ClN4O4/c1-16-7-9-18(10-8-16)13-30-25(26)19(17(2)28-30)11-12-24(33)34-15-23(32)29-14-22(31)27-20-5-3-4-6-21(20)29/h3-12H,13-15H2,1-2H3,(H,27,31)/b12-11+. The van der Waals surface area contributed by atoms with Crippen LogP contribution in [0.2, 0.25) is 5.15 Å². The van der Waals surface area contributed by atoms with Crippen LogP contribution in [-0.4, -0.2) is 40.7 Å². The molecule has 8 nitrogen and oxygen atoms in total. The molecular formula is C25H23ClN4O4. The summed E-state index contributed by atoms with van der Waals surface area (Å²) in [5.41, 5.74) is 4.57. The summed E-state index contributed by atoms with van der Waals surface area (Å²) in [6.07, 6.45) is 2.73. The molecule has 0 fully saturated rings. The molecule has 9 heteroatoms. The maximum absolute atomic E-state index is 12.6. The summed E-state index contributed by atoms with van der Waals surface area (Å²) in [5.74, 6) is -1.51. The van der Waals surface area contributed by atoms with Gasteiger partial charge < -0.3 is 10.1 Å². The number of esters is 1. The van der Waals surface area contributed by atoms with E-state index in [0.717, 1.165) is 5.56 Å². The van der Waals surface area contributed by atoms with E-state index >= 15 is 0 Å². The molecule has 0 atom stereocenters. The van der Waals surface area contributed by atoms with Crippen molar-refractivity contribution < 1.29 is 19.1 Å². The van der Waals surface area contributed by atoms with E-state index in [1.165, 1.54) is 22.6 Å². The normalized spacial score (nSPS) is 13.0. The second kappa shape index (κ2) is 9.93. The molecule has 1 aliphatic rings. The first-order chi connectivity index (χ1) is 16.3. The second-order valence-electron chi connectivity index (χ2n) is 7.92. The zero-order chi connectivity index (χ0) is 24.2. The van der Waals surface area contributed by atoms with Crippen molar-refractivity contribution in [1.82, 2.24) is 9.78 Å². The largest absolute Gasteiger partial charge is 0.452 e. The lowest BCUT2D eigenvalue weighted by Gasteiger charge is -2.28. The Bertz CT molecular complexity index is 1280. The SMILES string of the molecule is Cc1ccc(Cn2nc(C)c(/C=C/C(=O)OCC(=O)N3CC(=O)Nc4ccccc43)c2Cl)cc1. The molecule has 2 aromatic carbocycles. The van der Waals surface area contributed by atoms with E-state index in [-0.39, 0.29) is 12.5 Å². The van der Waals surface area contributed by atoms with Gasteiger partial charge in [-0.3, -0.25) is 14.5 Å². The highest BCUT2D eigenvalue weighted by Gasteiger charge is 2.27. The van der Waals surface area contributed by atoms with Crippen LogP contribution in [0.15, 0.2) is 54.6 Å². The number of nitrogens with zero attached hydrogens (tertiary/aromatic N) is 3. The fourth-order valence-electron chi connectivity index (χ4n) is 3.59. The lowest BCUT2D eigenvalue weighted by molar-refractivity contribution is -0.143. The maximum atomic E-state index is 12.6. The van der Waals surface area contributed by atoms with Crippen LogP contribution in [0, 0.1) is 13.8 Å². The molecule has 2 heterocycles. The van der Waals surface area contributed by atoms with Crippen molar-refractivity contribution in [3.8, 4) is 0 Å². The van der Waals surface area contributed by atoms with Crippen LogP contribution < -0.4 is 10.2 Å². The predicted octanol–water partition coefficient (Wildman–Crippen LogP) is 3.74. The number of rotatable bonds is 6. The third-order valence-corrected chi connectivity index (χ3v) is 5.76. The number of fused-ring (bicyclic) bond motifs is 1. The predicted molar refractivity (Wildman–Crippen MR) is 130 cm³/mol. The van der Waals surface area contributed by atoms with Crippen molar-refractivity contribution in [2.45, 2.75) is 20.4 Å². The lowest BCUT2D eigenvalue weighted by atomic mass is 10.1. The Labute approximate surface area is 201 Å². The average molecular weight is 479 g/mol. The first-order valence-electron chi connectivity index (χ1n) is 10.6. The third kappa shape index (κ3) is 5.18. The van der Waals surface area contributed by atoms with Gasteiger partial charge in [0.2, 0.25) is 5.91 Å². The van der Waals surface area contributed by atoms with Gasteiger partial charge in [0, 0.05) is 11.6 Å². The maximum Gasteiger partial charge on any atom is 0.331 e. The van der Waals surface area contributed by atoms with E-state index in [4.69, 9.17) is 16.3 Å². The summed E-state index contributed by atoms with van der Waals surface area (Å²) in [6.45, 7) is 3.68. The fraction of sp³-hybridized carbons (Fsp3) is 0.200. The molecule has 2 amide bonds. The Morgan fingerprint density at radius 1 is 1.15 bits per heavy atom. The van der Waals surface area contributed by atoms with Crippen molar-refractivity contribution in [1.29, 1.82) is 0 Å². The summed E-state index contributed by atoms with van der Waals surface area (Å²) in [6, 6.07) is 15.0. The Morgan fingerprint density at radius 3 is 2.65 bits per heavy atom. The van der Waals surface area contributed by atoms with Crippen molar-refractivity contribution >= 4 is 46.8 Å². The molecular weight excluding hydrogens is 456 g/mol. The van der Waals surface area contributed by atoms with Crippen LogP contribution in [-0.2, 0) is 25.7 Å². The first-order valence-corrected chi connectivity index (χ1v) is 11.0. The number of nitrogens with one attached hydrogen (secondary N) is 1. The van der Waals surface area contributed by atoms with Gasteiger partial charge in [0.1, 0.15) is 11.7 Å². The number of carbonyl (C=O) groups is 3. The topological polar surface area (TPSA) is 93.5 Å². The van der Waals surface area contributed by atoms with E-state index in [0.29, 0.717) is 34.3 Å². The minimum absolute atomic E-state index is 0.141. The van der Waals surface area contributed by atoms with Crippen molar-refractivity contribution in [2.24, 2.45) is 0 Å². The molecule has 1 N–H and O–H groups in total. The van der Waals surface area contributed by atoms with Crippen LogP contribution in [0.4, 0.5) is 11.4 Å². The number of benzene rings is 2. The number of amides is 2. The van der Waals surface area contributed by atoms with Gasteiger partial charge in [0.05, 0.1) is 23.6 Å². The fourth-order valence-corrected chi connectivity index (χ4v) is 3.89. The first kappa shape index (κ1) is 23.3. The van der Waals surface area contributed by atoms with Crippen LogP contribution in [0.25, 0.3) is 6.08 Å². The molecule has 1 aromatic heterocycles. The van der Waals surface area contributed by atoms with Gasteiger partial charge in [-0.25, -0.2) is 9.48 Å². The monoisotopic (exact) mass is 478 g/mol. The number of para-hydroxylation sites is 2. The lowest BCUT2D eigenvalue weighted by Crippen LogP contribution is -2.43. The highest BCUT2D eigenvalue weighted by Crippen LogP contribution is 2.29. The number of hydrogen-bond donors (Lipinski definition) is 1.